The summed E-state index contributed by atoms with van der Waals surface area (Å²) in [4.78, 5) is 11.3. The van der Waals surface area contributed by atoms with Crippen molar-refractivity contribution in [3.63, 3.8) is 0 Å². The van der Waals surface area contributed by atoms with E-state index in [9.17, 15) is 13.2 Å². The van der Waals surface area contributed by atoms with Crippen LogP contribution in [0.4, 0.5) is 0 Å². The summed E-state index contributed by atoms with van der Waals surface area (Å²) in [6.45, 7) is 3.70. The van der Waals surface area contributed by atoms with Crippen LogP contribution in [0.2, 0.25) is 0 Å². The van der Waals surface area contributed by atoms with Crippen LogP contribution < -0.4 is 14.8 Å². The van der Waals surface area contributed by atoms with Crippen molar-refractivity contribution >= 4 is 15.9 Å². The summed E-state index contributed by atoms with van der Waals surface area (Å²) in [6, 6.07) is 4.51. The second kappa shape index (κ2) is 6.53. The van der Waals surface area contributed by atoms with Gasteiger partial charge in [0.05, 0.1) is 18.6 Å². The molecule has 0 atom stereocenters. The van der Waals surface area contributed by atoms with Crippen molar-refractivity contribution in [3.8, 4) is 5.75 Å². The van der Waals surface area contributed by atoms with Gasteiger partial charge in [0.25, 0.3) is 0 Å². The highest BCUT2D eigenvalue weighted by Gasteiger charge is 2.16. The van der Waals surface area contributed by atoms with Gasteiger partial charge in [0.2, 0.25) is 15.9 Å². The number of likely N-dealkylation sites (N-methyl/N-ethyl adjacent to an activating group) is 1. The van der Waals surface area contributed by atoms with Gasteiger partial charge >= 0.3 is 0 Å². The van der Waals surface area contributed by atoms with Gasteiger partial charge in [-0.1, -0.05) is 0 Å². The molecule has 0 fully saturated rings. The molecule has 0 bridgehead atoms. The third-order valence-electron chi connectivity index (χ3n) is 2.47. The Hall–Kier alpha value is -1.60. The first-order valence-corrected chi connectivity index (χ1v) is 7.30. The van der Waals surface area contributed by atoms with E-state index in [0.717, 1.165) is 0 Å². The molecule has 0 saturated heterocycles. The highest BCUT2D eigenvalue weighted by molar-refractivity contribution is 7.89. The Morgan fingerprint density at radius 1 is 1.37 bits per heavy atom. The topological polar surface area (TPSA) is 84.5 Å². The zero-order valence-corrected chi connectivity index (χ0v) is 12.0. The average Bonchev–Trinajstić information content (AvgIpc) is 2.37. The zero-order valence-electron chi connectivity index (χ0n) is 11.2. The van der Waals surface area contributed by atoms with E-state index in [2.05, 4.69) is 10.0 Å². The van der Waals surface area contributed by atoms with Crippen LogP contribution in [-0.2, 0) is 14.8 Å². The first kappa shape index (κ1) is 15.5. The SMILES string of the molecule is CCNC(=O)CNS(=O)(=O)c1ccc(OC)c(C)c1. The molecular formula is C12H18N2O4S. The number of amides is 1. The fraction of sp³-hybridized carbons (Fsp3) is 0.417. The van der Waals surface area contributed by atoms with Crippen molar-refractivity contribution in [2.24, 2.45) is 0 Å². The molecule has 1 aromatic rings. The zero-order chi connectivity index (χ0) is 14.5. The second-order valence-electron chi connectivity index (χ2n) is 3.91. The van der Waals surface area contributed by atoms with Gasteiger partial charge in [-0.05, 0) is 37.6 Å². The quantitative estimate of drug-likeness (QED) is 0.793. The molecule has 106 valence electrons. The van der Waals surface area contributed by atoms with Gasteiger partial charge < -0.3 is 10.1 Å². The van der Waals surface area contributed by atoms with Crippen LogP contribution in [0.5, 0.6) is 5.75 Å². The molecule has 0 spiro atoms. The highest BCUT2D eigenvalue weighted by atomic mass is 32.2. The van der Waals surface area contributed by atoms with E-state index in [1.54, 1.807) is 19.9 Å². The molecule has 0 heterocycles. The first-order valence-electron chi connectivity index (χ1n) is 5.81. The Kier molecular flexibility index (Phi) is 5.31. The molecule has 0 aliphatic heterocycles. The Morgan fingerprint density at radius 3 is 2.58 bits per heavy atom. The summed E-state index contributed by atoms with van der Waals surface area (Å²) in [6.07, 6.45) is 0. The summed E-state index contributed by atoms with van der Waals surface area (Å²) in [5, 5.41) is 2.51. The van der Waals surface area contributed by atoms with E-state index >= 15 is 0 Å². The van der Waals surface area contributed by atoms with Crippen LogP contribution in [0.3, 0.4) is 0 Å². The van der Waals surface area contributed by atoms with Gasteiger partial charge in [0.1, 0.15) is 5.75 Å². The third-order valence-corrected chi connectivity index (χ3v) is 3.87. The Labute approximate surface area is 113 Å². The standard InChI is InChI=1S/C12H18N2O4S/c1-4-13-12(15)8-14-19(16,17)10-5-6-11(18-3)9(2)7-10/h5-7,14H,4,8H2,1-3H3,(H,13,15). The smallest absolute Gasteiger partial charge is 0.241 e. The number of sulfonamides is 1. The van der Waals surface area contributed by atoms with Crippen LogP contribution in [-0.4, -0.2) is 34.5 Å². The lowest BCUT2D eigenvalue weighted by molar-refractivity contribution is -0.119. The maximum absolute atomic E-state index is 12.0. The van der Waals surface area contributed by atoms with Crippen LogP contribution >= 0.6 is 0 Å². The number of methoxy groups -OCH3 is 1. The number of hydrogen-bond donors (Lipinski definition) is 2. The van der Waals surface area contributed by atoms with Gasteiger partial charge in [-0.3, -0.25) is 4.79 Å². The van der Waals surface area contributed by atoms with E-state index in [-0.39, 0.29) is 17.3 Å². The maximum Gasteiger partial charge on any atom is 0.241 e. The number of carbonyl (C=O) groups is 1. The van der Waals surface area contributed by atoms with E-state index in [1.807, 2.05) is 0 Å². The first-order chi connectivity index (χ1) is 8.90. The van der Waals surface area contributed by atoms with Gasteiger partial charge in [-0.15, -0.1) is 0 Å². The lowest BCUT2D eigenvalue weighted by atomic mass is 10.2. The number of benzene rings is 1. The molecular weight excluding hydrogens is 268 g/mol. The van der Waals surface area contributed by atoms with Gasteiger partial charge in [-0.2, -0.15) is 0 Å². The van der Waals surface area contributed by atoms with Crippen molar-refractivity contribution in [2.75, 3.05) is 20.2 Å². The lowest BCUT2D eigenvalue weighted by Crippen LogP contribution is -2.36. The molecule has 6 nitrogen and oxygen atoms in total. The van der Waals surface area contributed by atoms with Crippen molar-refractivity contribution in [1.82, 2.24) is 10.0 Å². The highest BCUT2D eigenvalue weighted by Crippen LogP contribution is 2.20. The van der Waals surface area contributed by atoms with Crippen LogP contribution in [0.15, 0.2) is 23.1 Å². The lowest BCUT2D eigenvalue weighted by Gasteiger charge is -2.09. The fourth-order valence-corrected chi connectivity index (χ4v) is 2.59. The molecule has 0 radical (unpaired) electrons. The molecule has 0 unspecified atom stereocenters. The molecule has 0 aromatic heterocycles. The van der Waals surface area contributed by atoms with E-state index in [1.165, 1.54) is 19.2 Å². The molecule has 2 N–H and O–H groups in total. The molecule has 0 aliphatic carbocycles. The summed E-state index contributed by atoms with van der Waals surface area (Å²) < 4.78 is 31.2. The normalized spacial score (nSPS) is 11.1. The Morgan fingerprint density at radius 2 is 2.05 bits per heavy atom. The summed E-state index contributed by atoms with van der Waals surface area (Å²) in [5.74, 6) is 0.249. The fourth-order valence-electron chi connectivity index (χ4n) is 1.52. The summed E-state index contributed by atoms with van der Waals surface area (Å²) in [7, 11) is -2.17. The van der Waals surface area contributed by atoms with E-state index < -0.39 is 10.0 Å². The summed E-state index contributed by atoms with van der Waals surface area (Å²) >= 11 is 0. The predicted octanol–water partition coefficient (Wildman–Crippen LogP) is 0.418. The van der Waals surface area contributed by atoms with Gasteiger partial charge in [0, 0.05) is 6.54 Å². The molecule has 7 heteroatoms. The largest absolute Gasteiger partial charge is 0.496 e. The van der Waals surface area contributed by atoms with Crippen LogP contribution in [0.25, 0.3) is 0 Å². The number of hydrogen-bond acceptors (Lipinski definition) is 4. The second-order valence-corrected chi connectivity index (χ2v) is 5.68. The minimum atomic E-state index is -3.69. The van der Waals surface area contributed by atoms with Gasteiger partial charge in [-0.25, -0.2) is 13.1 Å². The predicted molar refractivity (Wildman–Crippen MR) is 71.6 cm³/mol. The third kappa shape index (κ3) is 4.22. The van der Waals surface area contributed by atoms with E-state index in [0.29, 0.717) is 17.9 Å². The molecule has 1 amide bonds. The maximum atomic E-state index is 12.0. The molecule has 0 aliphatic rings. The monoisotopic (exact) mass is 286 g/mol. The van der Waals surface area contributed by atoms with Crippen LogP contribution in [0.1, 0.15) is 12.5 Å². The number of ether oxygens (including phenoxy) is 1. The number of aryl methyl sites for hydroxylation is 1. The van der Waals surface area contributed by atoms with Crippen molar-refractivity contribution in [3.05, 3.63) is 23.8 Å². The minimum Gasteiger partial charge on any atom is -0.496 e. The van der Waals surface area contributed by atoms with Gasteiger partial charge in [0.15, 0.2) is 0 Å². The van der Waals surface area contributed by atoms with Crippen molar-refractivity contribution in [1.29, 1.82) is 0 Å². The molecule has 0 saturated carbocycles. The minimum absolute atomic E-state index is 0.107. The number of rotatable bonds is 6. The molecule has 1 aromatic carbocycles. The van der Waals surface area contributed by atoms with E-state index in [4.69, 9.17) is 4.74 Å². The Balaban J connectivity index is 2.83. The molecule has 1 rings (SSSR count). The van der Waals surface area contributed by atoms with Crippen molar-refractivity contribution < 1.29 is 17.9 Å². The number of carbonyl (C=O) groups excluding carboxylic acids is 1. The Bertz CT molecular complexity index is 555. The molecule has 19 heavy (non-hydrogen) atoms. The van der Waals surface area contributed by atoms with Crippen molar-refractivity contribution in [2.45, 2.75) is 18.7 Å². The number of nitrogens with one attached hydrogen (secondary N) is 2. The van der Waals surface area contributed by atoms with Crippen LogP contribution in [0, 0.1) is 6.92 Å². The summed E-state index contributed by atoms with van der Waals surface area (Å²) in [5.41, 5.74) is 0.711. The average molecular weight is 286 g/mol.